The van der Waals surface area contributed by atoms with E-state index in [0.717, 1.165) is 23.1 Å². The molecule has 0 aromatic heterocycles. The van der Waals surface area contributed by atoms with Gasteiger partial charge in [-0.15, -0.1) is 0 Å². The molecule has 8 atom stereocenters. The maximum atomic E-state index is 14.5. The van der Waals surface area contributed by atoms with E-state index < -0.39 is 58.5 Å². The molecule has 3 fully saturated rings. The van der Waals surface area contributed by atoms with Gasteiger partial charge >= 0.3 is 0 Å². The maximum absolute atomic E-state index is 14.5. The average Bonchev–Trinajstić information content (AvgIpc) is 3.32. The number of aliphatic hydroxyl groups excluding tert-OH is 1. The molecule has 8 heteroatoms. The molecule has 0 radical (unpaired) electrons. The third-order valence-corrected chi connectivity index (χ3v) is 10.6. The fraction of sp³-hybridized carbons (Fsp3) is 0.543. The molecule has 3 aliphatic carbocycles. The van der Waals surface area contributed by atoms with E-state index in [2.05, 4.69) is 19.9 Å². The number of aliphatic hydroxyl groups is 1. The van der Waals surface area contributed by atoms with Crippen molar-refractivity contribution in [3.05, 3.63) is 83.4 Å². The molecule has 1 saturated heterocycles. The van der Waals surface area contributed by atoms with Crippen LogP contribution in [0.25, 0.3) is 0 Å². The summed E-state index contributed by atoms with van der Waals surface area (Å²) in [5, 5.41) is 11.9. The van der Waals surface area contributed by atoms with Gasteiger partial charge in [0, 0.05) is 30.9 Å². The zero-order chi connectivity index (χ0) is 30.4. The third-order valence-electron chi connectivity index (χ3n) is 10.6. The van der Waals surface area contributed by atoms with Crippen LogP contribution in [0.4, 0.5) is 0 Å². The first-order valence-electron chi connectivity index (χ1n) is 15.2. The van der Waals surface area contributed by atoms with Crippen LogP contribution in [0.3, 0.4) is 0 Å². The van der Waals surface area contributed by atoms with Crippen molar-refractivity contribution in [3.63, 3.8) is 0 Å². The third kappa shape index (κ3) is 5.02. The van der Waals surface area contributed by atoms with Gasteiger partial charge in [0.25, 0.3) is 0 Å². The Morgan fingerprint density at radius 3 is 2.40 bits per heavy atom. The molecule has 2 aromatic rings. The van der Waals surface area contributed by atoms with Crippen LogP contribution in [0.1, 0.15) is 57.5 Å². The van der Waals surface area contributed by atoms with Gasteiger partial charge in [-0.1, -0.05) is 86.2 Å². The van der Waals surface area contributed by atoms with Gasteiger partial charge in [0.2, 0.25) is 11.6 Å². The Hall–Kier alpha value is -2.72. The van der Waals surface area contributed by atoms with Crippen molar-refractivity contribution in [3.8, 4) is 0 Å². The number of carbonyl (C=O) groups is 2. The van der Waals surface area contributed by atoms with Gasteiger partial charge in [-0.3, -0.25) is 9.59 Å². The highest BCUT2D eigenvalue weighted by Gasteiger charge is 2.68. The fourth-order valence-corrected chi connectivity index (χ4v) is 7.89. The second-order valence-corrected chi connectivity index (χ2v) is 13.2. The molecular formula is C35H42O8. The number of allylic oxidation sites excluding steroid dienone is 1. The maximum Gasteiger partial charge on any atom is 0.228 e. The minimum Gasteiger partial charge on any atom is -0.392 e. The van der Waals surface area contributed by atoms with Gasteiger partial charge in [0.1, 0.15) is 18.5 Å². The lowest BCUT2D eigenvalue weighted by Crippen LogP contribution is -2.70. The highest BCUT2D eigenvalue weighted by molar-refractivity contribution is 6.41. The number of carbonyl (C=O) groups excluding carboxylic acids is 2. The molecule has 43 heavy (non-hydrogen) atoms. The van der Waals surface area contributed by atoms with Gasteiger partial charge in [0.05, 0.1) is 30.8 Å². The van der Waals surface area contributed by atoms with Gasteiger partial charge in [-0.05, 0) is 30.7 Å². The van der Waals surface area contributed by atoms with E-state index in [0.29, 0.717) is 6.42 Å². The van der Waals surface area contributed by atoms with Crippen LogP contribution < -0.4 is 0 Å². The Morgan fingerprint density at radius 2 is 1.70 bits per heavy atom. The molecule has 230 valence electrons. The molecule has 2 saturated carbocycles. The molecule has 2 bridgehead atoms. The van der Waals surface area contributed by atoms with E-state index in [1.165, 1.54) is 7.11 Å². The van der Waals surface area contributed by atoms with E-state index in [1.807, 2.05) is 60.7 Å². The van der Waals surface area contributed by atoms with E-state index in [9.17, 15) is 14.7 Å². The van der Waals surface area contributed by atoms with E-state index >= 15 is 0 Å². The van der Waals surface area contributed by atoms with E-state index in [4.69, 9.17) is 23.7 Å². The highest BCUT2D eigenvalue weighted by Crippen LogP contribution is 2.59. The number of fused-ring (bicyclic) bond motifs is 5. The van der Waals surface area contributed by atoms with Crippen molar-refractivity contribution < 1.29 is 38.4 Å². The first-order chi connectivity index (χ1) is 20.6. The lowest BCUT2D eigenvalue weighted by atomic mass is 9.54. The summed E-state index contributed by atoms with van der Waals surface area (Å²) in [6, 6.07) is 19.5. The summed E-state index contributed by atoms with van der Waals surface area (Å²) in [5.41, 5.74) is -0.165. The normalized spacial score (nSPS) is 37.0. The first kappa shape index (κ1) is 30.3. The van der Waals surface area contributed by atoms with Crippen molar-refractivity contribution in [1.82, 2.24) is 0 Å². The molecule has 2 aromatic carbocycles. The lowest BCUT2D eigenvalue weighted by Gasteiger charge is -2.59. The second-order valence-electron chi connectivity index (χ2n) is 13.2. The molecule has 0 spiro atoms. The monoisotopic (exact) mass is 590 g/mol. The lowest BCUT2D eigenvalue weighted by molar-refractivity contribution is -0.344. The van der Waals surface area contributed by atoms with Crippen LogP contribution in [-0.4, -0.2) is 61.1 Å². The Kier molecular flexibility index (Phi) is 8.21. The smallest absolute Gasteiger partial charge is 0.228 e. The Bertz CT molecular complexity index is 1360. The van der Waals surface area contributed by atoms with Crippen LogP contribution in [0.2, 0.25) is 0 Å². The average molecular weight is 591 g/mol. The Labute approximate surface area is 253 Å². The second kappa shape index (κ2) is 11.7. The van der Waals surface area contributed by atoms with Crippen LogP contribution in [0, 0.1) is 22.7 Å². The molecular weight excluding hydrogens is 548 g/mol. The highest BCUT2D eigenvalue weighted by atomic mass is 16.7. The predicted octanol–water partition coefficient (Wildman–Crippen LogP) is 4.95. The van der Waals surface area contributed by atoms with Crippen LogP contribution in [-0.2, 0) is 39.9 Å². The minimum atomic E-state index is -1.50. The summed E-state index contributed by atoms with van der Waals surface area (Å²) in [4.78, 5) is 28.6. The number of ketones is 2. The summed E-state index contributed by atoms with van der Waals surface area (Å²) in [5.74, 6) is -2.21. The summed E-state index contributed by atoms with van der Waals surface area (Å²) in [7, 11) is 1.49. The summed E-state index contributed by atoms with van der Waals surface area (Å²) in [6.45, 7) is 6.18. The quantitative estimate of drug-likeness (QED) is 0.275. The molecule has 0 amide bonds. The van der Waals surface area contributed by atoms with E-state index in [-0.39, 0.29) is 32.3 Å². The van der Waals surface area contributed by atoms with Gasteiger partial charge in [-0.2, -0.15) is 0 Å². The number of hydrogen-bond acceptors (Lipinski definition) is 8. The van der Waals surface area contributed by atoms with Crippen molar-refractivity contribution in [2.45, 2.75) is 76.8 Å². The number of Topliss-reactive ketones (excluding diaryl/α,β-unsaturated/α-hetero) is 2. The van der Waals surface area contributed by atoms with Crippen LogP contribution in [0.5, 0.6) is 0 Å². The molecule has 8 nitrogen and oxygen atoms in total. The minimum absolute atomic E-state index is 0.104. The van der Waals surface area contributed by atoms with Crippen molar-refractivity contribution in [2.24, 2.45) is 22.7 Å². The number of ether oxygens (including phenoxy) is 5. The standard InChI is InChI=1S/C35H42O8/c1-33(2)24-15-16-25(33)30(41-21-39-4)29(37)31(38)34(3)26(17-24)35(42-19-22-11-7-5-8-12-22)20-40-32(23-13-9-6-10-14-23)43-28(35)18-27(34)36/h5-14,17,25-28,30,32,36H,15-16,18-21H2,1-4H3/t25-,26+,27-,28+,30-,32-,34-,35-/m1/s1. The van der Waals surface area contributed by atoms with Gasteiger partial charge in [-0.25, -0.2) is 0 Å². The number of rotatable bonds is 7. The molecule has 4 aliphatic rings. The molecule has 1 N–H and O–H groups in total. The van der Waals surface area contributed by atoms with Gasteiger partial charge < -0.3 is 28.8 Å². The van der Waals surface area contributed by atoms with Gasteiger partial charge in [0.15, 0.2) is 6.29 Å². The number of hydrogen-bond donors (Lipinski definition) is 1. The zero-order valence-electron chi connectivity index (χ0n) is 25.4. The molecule has 6 rings (SSSR count). The zero-order valence-corrected chi connectivity index (χ0v) is 25.4. The van der Waals surface area contributed by atoms with Crippen LogP contribution >= 0.6 is 0 Å². The number of benzene rings is 2. The summed E-state index contributed by atoms with van der Waals surface area (Å²) >= 11 is 0. The van der Waals surface area contributed by atoms with Crippen LogP contribution in [0.15, 0.2) is 72.3 Å². The summed E-state index contributed by atoms with van der Waals surface area (Å²) < 4.78 is 31.1. The largest absolute Gasteiger partial charge is 0.392 e. The SMILES string of the molecule is COCO[C@H]1C(=O)C(=O)[C@@]2(C)[C@H](O)C[C@@H]3O[C@H](c4ccccc4)OC[C@@]3(OCc3ccccc3)[C@H]2C=C2CC[C@H]1C2(C)C. The molecule has 0 unspecified atom stereocenters. The Morgan fingerprint density at radius 1 is 1.00 bits per heavy atom. The number of methoxy groups -OCH3 is 1. The summed E-state index contributed by atoms with van der Waals surface area (Å²) in [6.07, 6.45) is 0.247. The predicted molar refractivity (Wildman–Crippen MR) is 158 cm³/mol. The first-order valence-corrected chi connectivity index (χ1v) is 15.2. The molecule has 1 aliphatic heterocycles. The van der Waals surface area contributed by atoms with E-state index in [1.54, 1.807) is 6.92 Å². The Balaban J connectivity index is 1.48. The van der Waals surface area contributed by atoms with Crippen molar-refractivity contribution in [2.75, 3.05) is 20.5 Å². The van der Waals surface area contributed by atoms with Crippen molar-refractivity contribution in [1.29, 1.82) is 0 Å². The topological polar surface area (TPSA) is 101 Å². The fourth-order valence-electron chi connectivity index (χ4n) is 7.89. The molecule has 1 heterocycles. The van der Waals surface area contributed by atoms with Crippen molar-refractivity contribution >= 4 is 11.6 Å².